The number of aromatic nitrogens is 1. The summed E-state index contributed by atoms with van der Waals surface area (Å²) in [6.45, 7) is 7.42. The first-order chi connectivity index (χ1) is 9.74. The van der Waals surface area contributed by atoms with Crippen molar-refractivity contribution in [2.24, 2.45) is 0 Å². The van der Waals surface area contributed by atoms with Gasteiger partial charge >= 0.3 is 0 Å². The topological polar surface area (TPSA) is 41.3 Å². The molecule has 0 saturated carbocycles. The molecule has 0 amide bonds. The monoisotopic (exact) mass is 307 g/mol. The zero-order chi connectivity index (χ0) is 13.9. The second-order valence-electron chi connectivity index (χ2n) is 5.58. The highest BCUT2D eigenvalue weighted by atomic mass is 35.5. The Balaban J connectivity index is 0.00000161. The van der Waals surface area contributed by atoms with Gasteiger partial charge in [-0.1, -0.05) is 35.5 Å². The van der Waals surface area contributed by atoms with E-state index in [1.165, 1.54) is 0 Å². The van der Waals surface area contributed by atoms with Gasteiger partial charge in [-0.15, -0.1) is 12.4 Å². The average Bonchev–Trinajstić information content (AvgIpc) is 2.93. The Labute approximate surface area is 131 Å². The summed E-state index contributed by atoms with van der Waals surface area (Å²) in [5.41, 5.74) is 2.08. The maximum Gasteiger partial charge on any atom is 0.167 e. The van der Waals surface area contributed by atoms with Crippen molar-refractivity contribution in [2.75, 3.05) is 13.1 Å². The Kier molecular flexibility index (Phi) is 5.39. The summed E-state index contributed by atoms with van der Waals surface area (Å²) in [7, 11) is 0. The number of halogens is 1. The van der Waals surface area contributed by atoms with Gasteiger partial charge in [0.1, 0.15) is 0 Å². The third-order valence-corrected chi connectivity index (χ3v) is 3.97. The van der Waals surface area contributed by atoms with Gasteiger partial charge in [0.15, 0.2) is 5.76 Å². The smallest absolute Gasteiger partial charge is 0.167 e. The summed E-state index contributed by atoms with van der Waals surface area (Å²) >= 11 is 0. The molecule has 3 rings (SSSR count). The van der Waals surface area contributed by atoms with Crippen molar-refractivity contribution in [3.8, 4) is 11.3 Å². The van der Waals surface area contributed by atoms with Crippen molar-refractivity contribution in [2.45, 2.75) is 32.5 Å². The molecule has 0 unspecified atom stereocenters. The number of nitrogens with zero attached hydrogens (tertiary/aromatic N) is 2. The second-order valence-corrected chi connectivity index (χ2v) is 5.58. The van der Waals surface area contributed by atoms with Crippen molar-refractivity contribution >= 4 is 12.4 Å². The minimum Gasteiger partial charge on any atom is -0.356 e. The third kappa shape index (κ3) is 3.64. The molecule has 2 aromatic rings. The second kappa shape index (κ2) is 7.07. The lowest BCUT2D eigenvalue weighted by molar-refractivity contribution is 0.106. The summed E-state index contributed by atoms with van der Waals surface area (Å²) in [5.74, 6) is 0.844. The van der Waals surface area contributed by atoms with E-state index in [0.717, 1.165) is 36.7 Å². The van der Waals surface area contributed by atoms with Gasteiger partial charge in [0, 0.05) is 43.3 Å². The van der Waals surface area contributed by atoms with Gasteiger partial charge in [-0.2, -0.15) is 0 Å². The van der Waals surface area contributed by atoms with Gasteiger partial charge in [-0.3, -0.25) is 4.90 Å². The molecule has 4 nitrogen and oxygen atoms in total. The number of hydrogen-bond acceptors (Lipinski definition) is 4. The number of hydrogen-bond donors (Lipinski definition) is 1. The lowest BCUT2D eigenvalue weighted by Crippen LogP contribution is -2.54. The molecule has 1 aliphatic heterocycles. The molecule has 1 fully saturated rings. The molecule has 21 heavy (non-hydrogen) atoms. The molecule has 1 saturated heterocycles. The molecular formula is C16H22ClN3O. The molecule has 1 aromatic carbocycles. The van der Waals surface area contributed by atoms with Crippen LogP contribution in [0, 0.1) is 0 Å². The fourth-order valence-electron chi connectivity index (χ4n) is 2.79. The van der Waals surface area contributed by atoms with Crippen LogP contribution in [-0.2, 0) is 6.54 Å². The summed E-state index contributed by atoms with van der Waals surface area (Å²) in [4.78, 5) is 2.48. The molecular weight excluding hydrogens is 286 g/mol. The van der Waals surface area contributed by atoms with E-state index in [1.54, 1.807) is 0 Å². The van der Waals surface area contributed by atoms with E-state index in [4.69, 9.17) is 4.52 Å². The van der Waals surface area contributed by atoms with E-state index in [9.17, 15) is 0 Å². The van der Waals surface area contributed by atoms with Gasteiger partial charge in [0.05, 0.1) is 5.69 Å². The van der Waals surface area contributed by atoms with Gasteiger partial charge in [0.2, 0.25) is 0 Å². The summed E-state index contributed by atoms with van der Waals surface area (Å²) in [5, 5.41) is 7.66. The van der Waals surface area contributed by atoms with E-state index >= 15 is 0 Å². The SMILES string of the molecule is C[C@@H]1CNC[C@H](C)N1Cc1cc(-c2ccccc2)on1.Cl. The zero-order valence-corrected chi connectivity index (χ0v) is 13.3. The molecule has 114 valence electrons. The molecule has 0 bridgehead atoms. The van der Waals surface area contributed by atoms with Crippen molar-refractivity contribution in [1.29, 1.82) is 0 Å². The minimum atomic E-state index is 0. The van der Waals surface area contributed by atoms with Gasteiger partial charge in [0.25, 0.3) is 0 Å². The van der Waals surface area contributed by atoms with Crippen molar-refractivity contribution in [1.82, 2.24) is 15.4 Å². The zero-order valence-electron chi connectivity index (χ0n) is 12.5. The average molecular weight is 308 g/mol. The maximum atomic E-state index is 5.47. The van der Waals surface area contributed by atoms with Crippen LogP contribution in [0.25, 0.3) is 11.3 Å². The van der Waals surface area contributed by atoms with Gasteiger partial charge < -0.3 is 9.84 Å². The summed E-state index contributed by atoms with van der Waals surface area (Å²) in [6.07, 6.45) is 0. The molecule has 2 heterocycles. The van der Waals surface area contributed by atoms with Crippen LogP contribution in [0.2, 0.25) is 0 Å². The molecule has 1 N–H and O–H groups in total. The minimum absolute atomic E-state index is 0. The normalized spacial score (nSPS) is 22.8. The largest absolute Gasteiger partial charge is 0.356 e. The summed E-state index contributed by atoms with van der Waals surface area (Å²) in [6, 6.07) is 13.2. The highest BCUT2D eigenvalue weighted by Crippen LogP contribution is 2.21. The molecule has 0 spiro atoms. The van der Waals surface area contributed by atoms with Gasteiger partial charge in [-0.05, 0) is 13.8 Å². The van der Waals surface area contributed by atoms with Crippen LogP contribution in [0.5, 0.6) is 0 Å². The maximum absolute atomic E-state index is 5.47. The van der Waals surface area contributed by atoms with Crippen LogP contribution < -0.4 is 5.32 Å². The third-order valence-electron chi connectivity index (χ3n) is 3.97. The van der Waals surface area contributed by atoms with Crippen LogP contribution in [-0.4, -0.2) is 35.2 Å². The summed E-state index contributed by atoms with van der Waals surface area (Å²) < 4.78 is 5.47. The first-order valence-corrected chi connectivity index (χ1v) is 7.21. The first kappa shape index (κ1) is 16.0. The molecule has 0 aliphatic carbocycles. The Morgan fingerprint density at radius 2 is 1.86 bits per heavy atom. The predicted molar refractivity (Wildman–Crippen MR) is 86.5 cm³/mol. The van der Waals surface area contributed by atoms with Crippen LogP contribution in [0.3, 0.4) is 0 Å². The Hall–Kier alpha value is -1.36. The highest BCUT2D eigenvalue weighted by molar-refractivity contribution is 5.85. The number of benzene rings is 1. The Bertz CT molecular complexity index is 548. The van der Waals surface area contributed by atoms with E-state index in [0.29, 0.717) is 12.1 Å². The fraction of sp³-hybridized carbons (Fsp3) is 0.438. The van der Waals surface area contributed by atoms with E-state index < -0.39 is 0 Å². The number of nitrogens with one attached hydrogen (secondary N) is 1. The first-order valence-electron chi connectivity index (χ1n) is 7.21. The number of piperazine rings is 1. The fourth-order valence-corrected chi connectivity index (χ4v) is 2.79. The Morgan fingerprint density at radius 3 is 2.52 bits per heavy atom. The lowest BCUT2D eigenvalue weighted by atomic mass is 10.1. The van der Waals surface area contributed by atoms with Crippen LogP contribution >= 0.6 is 12.4 Å². The van der Waals surface area contributed by atoms with Crippen molar-refractivity contribution in [3.05, 3.63) is 42.1 Å². The van der Waals surface area contributed by atoms with Gasteiger partial charge in [-0.25, -0.2) is 0 Å². The van der Waals surface area contributed by atoms with E-state index in [-0.39, 0.29) is 12.4 Å². The molecule has 1 aromatic heterocycles. The van der Waals surface area contributed by atoms with E-state index in [2.05, 4.69) is 35.3 Å². The molecule has 5 heteroatoms. The van der Waals surface area contributed by atoms with Crippen LogP contribution in [0.15, 0.2) is 40.9 Å². The van der Waals surface area contributed by atoms with Crippen LogP contribution in [0.1, 0.15) is 19.5 Å². The molecule has 1 aliphatic rings. The van der Waals surface area contributed by atoms with E-state index in [1.807, 2.05) is 30.3 Å². The predicted octanol–water partition coefficient (Wildman–Crippen LogP) is 2.95. The number of rotatable bonds is 3. The Morgan fingerprint density at radius 1 is 1.19 bits per heavy atom. The standard InChI is InChI=1S/C16H21N3O.ClH/c1-12-9-17-10-13(2)19(12)11-15-8-16(20-18-15)14-6-4-3-5-7-14;/h3-8,12-13,17H,9-11H2,1-2H3;1H/t12-,13+;. The molecule has 0 radical (unpaired) electrons. The molecule has 2 atom stereocenters. The van der Waals surface area contributed by atoms with Crippen LogP contribution in [0.4, 0.5) is 0 Å². The quantitative estimate of drug-likeness (QED) is 0.946. The highest BCUT2D eigenvalue weighted by Gasteiger charge is 2.25. The van der Waals surface area contributed by atoms with Crippen molar-refractivity contribution in [3.63, 3.8) is 0 Å². The lowest BCUT2D eigenvalue weighted by Gasteiger charge is -2.38. The van der Waals surface area contributed by atoms with Crippen molar-refractivity contribution < 1.29 is 4.52 Å².